The second kappa shape index (κ2) is 17.3. The molecule has 4 atom stereocenters. The van der Waals surface area contributed by atoms with Gasteiger partial charge in [-0.3, -0.25) is 9.59 Å². The molecule has 2 aromatic heterocycles. The summed E-state index contributed by atoms with van der Waals surface area (Å²) in [5.41, 5.74) is 7.33. The van der Waals surface area contributed by atoms with Crippen LogP contribution in [0.25, 0.3) is 22.5 Å². The highest BCUT2D eigenvalue weighted by molar-refractivity contribution is 5.87. The number of aromatic amines is 2. The Balaban J connectivity index is 1.06. The molecule has 15 heteroatoms. The highest BCUT2D eigenvalue weighted by atomic mass is 16.5. The molecule has 3 aliphatic rings. The van der Waals surface area contributed by atoms with Crippen molar-refractivity contribution in [1.82, 2.24) is 40.4 Å². The quantitative estimate of drug-likeness (QED) is 0.130. The second-order valence-electron chi connectivity index (χ2n) is 16.1. The number of anilines is 2. The van der Waals surface area contributed by atoms with Crippen molar-refractivity contribution in [2.45, 2.75) is 90.4 Å². The molecule has 0 radical (unpaired) electrons. The third-order valence-corrected chi connectivity index (χ3v) is 11.7. The lowest BCUT2D eigenvalue weighted by molar-refractivity contribution is -0.136. The van der Waals surface area contributed by atoms with Crippen molar-refractivity contribution < 1.29 is 28.7 Å². The molecule has 0 spiro atoms. The molecule has 3 aliphatic heterocycles. The van der Waals surface area contributed by atoms with Gasteiger partial charge in [0.05, 0.1) is 50.1 Å². The van der Waals surface area contributed by atoms with Crippen molar-refractivity contribution in [2.24, 2.45) is 11.8 Å². The Kier molecular flexibility index (Phi) is 12.1. The van der Waals surface area contributed by atoms with E-state index in [-0.39, 0.29) is 35.7 Å². The van der Waals surface area contributed by atoms with Crippen LogP contribution >= 0.6 is 0 Å². The van der Waals surface area contributed by atoms with Crippen LogP contribution in [0.15, 0.2) is 54.9 Å². The number of H-pyrrole nitrogens is 2. The SMILES string of the molecule is COC(=O)NC(C(=O)N1CCCC1c1ncc(-c2ccc(N3CCCc4c(-c5cnc(C6CCCN6C(=O)C(NC(=O)OC)C(C)C)[nH]5)cccc43)cc2)[nH]1)C(C)C. The molecule has 4 N–H and O–H groups in total. The maximum absolute atomic E-state index is 13.7. The number of ether oxygens (including phenoxy) is 2. The molecule has 4 amide bonds. The Labute approximate surface area is 339 Å². The zero-order valence-corrected chi connectivity index (χ0v) is 34.2. The molecule has 7 rings (SSSR count). The second-order valence-corrected chi connectivity index (χ2v) is 16.1. The number of alkyl carbamates (subject to hydrolysis) is 2. The molecule has 2 aromatic carbocycles. The van der Waals surface area contributed by atoms with E-state index in [1.165, 1.54) is 19.8 Å². The Morgan fingerprint density at radius 2 is 1.24 bits per heavy atom. The standard InChI is InChI=1S/C43H55N9O6/c1-25(2)36(48-42(55)57-5)40(53)51-21-9-14-34(51)38-44-23-31(46-38)27-16-18-28(19-17-27)50-20-8-12-30-29(11-7-13-33(30)50)32-24-45-39(47-32)35-15-10-22-52(35)41(54)37(26(3)4)49-43(56)58-6/h7,11,13,16-19,23-26,34-37H,8-10,12,14-15,20-22H2,1-6H3,(H,44,46)(H,45,47)(H,48,55)(H,49,56). The average molecular weight is 794 g/mol. The van der Waals surface area contributed by atoms with Gasteiger partial charge in [-0.15, -0.1) is 0 Å². The van der Waals surface area contributed by atoms with Crippen LogP contribution in [-0.4, -0.2) is 99.7 Å². The average Bonchev–Trinajstić information content (AvgIpc) is 4.07. The summed E-state index contributed by atoms with van der Waals surface area (Å²) in [5, 5.41) is 5.43. The largest absolute Gasteiger partial charge is 0.453 e. The number of amides is 4. The number of carbonyl (C=O) groups excluding carboxylic acids is 4. The number of carbonyl (C=O) groups is 4. The number of methoxy groups -OCH3 is 2. The minimum absolute atomic E-state index is 0.107. The number of rotatable bonds is 11. The van der Waals surface area contributed by atoms with Crippen LogP contribution in [0.2, 0.25) is 0 Å². The third-order valence-electron chi connectivity index (χ3n) is 11.7. The van der Waals surface area contributed by atoms with Gasteiger partial charge in [0.25, 0.3) is 0 Å². The number of nitrogens with zero attached hydrogens (tertiary/aromatic N) is 5. The summed E-state index contributed by atoms with van der Waals surface area (Å²) in [6, 6.07) is 13.0. The van der Waals surface area contributed by atoms with E-state index in [2.05, 4.69) is 68.0 Å². The molecule has 2 saturated heterocycles. The monoisotopic (exact) mass is 793 g/mol. The summed E-state index contributed by atoms with van der Waals surface area (Å²) in [4.78, 5) is 73.9. The lowest BCUT2D eigenvalue weighted by Gasteiger charge is -2.32. The molecule has 4 unspecified atom stereocenters. The van der Waals surface area contributed by atoms with Gasteiger partial charge in [0.1, 0.15) is 23.7 Å². The molecule has 0 aliphatic carbocycles. The van der Waals surface area contributed by atoms with Crippen LogP contribution in [0, 0.1) is 11.8 Å². The summed E-state index contributed by atoms with van der Waals surface area (Å²) in [6.45, 7) is 9.70. The number of hydrogen-bond donors (Lipinski definition) is 4. The fourth-order valence-electron chi connectivity index (χ4n) is 8.65. The van der Waals surface area contributed by atoms with Crippen LogP contribution in [0.1, 0.15) is 89.1 Å². The molecule has 308 valence electrons. The summed E-state index contributed by atoms with van der Waals surface area (Å²) in [6.07, 6.45) is 7.61. The van der Waals surface area contributed by atoms with Gasteiger partial charge >= 0.3 is 12.2 Å². The number of imidazole rings is 2. The van der Waals surface area contributed by atoms with Crippen LogP contribution in [-0.2, 0) is 25.5 Å². The Hall–Kier alpha value is -5.86. The van der Waals surface area contributed by atoms with E-state index in [0.29, 0.717) is 13.1 Å². The lowest BCUT2D eigenvalue weighted by Crippen LogP contribution is -2.51. The van der Waals surface area contributed by atoms with E-state index in [1.807, 2.05) is 49.9 Å². The molecule has 15 nitrogen and oxygen atoms in total. The maximum atomic E-state index is 13.7. The van der Waals surface area contributed by atoms with Crippen molar-refractivity contribution >= 4 is 35.4 Å². The summed E-state index contributed by atoms with van der Waals surface area (Å²) in [7, 11) is 2.59. The van der Waals surface area contributed by atoms with Gasteiger partial charge in [0.2, 0.25) is 11.8 Å². The van der Waals surface area contributed by atoms with Crippen molar-refractivity contribution in [3.8, 4) is 22.5 Å². The van der Waals surface area contributed by atoms with Gasteiger partial charge in [0, 0.05) is 36.6 Å². The van der Waals surface area contributed by atoms with Gasteiger partial charge in [0.15, 0.2) is 0 Å². The summed E-state index contributed by atoms with van der Waals surface area (Å²) >= 11 is 0. The minimum Gasteiger partial charge on any atom is -0.453 e. The summed E-state index contributed by atoms with van der Waals surface area (Å²) < 4.78 is 9.57. The van der Waals surface area contributed by atoms with E-state index in [0.717, 1.165) is 90.6 Å². The van der Waals surface area contributed by atoms with Gasteiger partial charge < -0.3 is 44.8 Å². The molecule has 0 bridgehead atoms. The van der Waals surface area contributed by atoms with Gasteiger partial charge in [-0.05, 0) is 79.7 Å². The van der Waals surface area contributed by atoms with E-state index >= 15 is 0 Å². The van der Waals surface area contributed by atoms with Crippen LogP contribution < -0.4 is 15.5 Å². The number of hydrogen-bond acceptors (Lipinski definition) is 9. The molecule has 5 heterocycles. The summed E-state index contributed by atoms with van der Waals surface area (Å²) in [5.74, 6) is 0.986. The van der Waals surface area contributed by atoms with Crippen molar-refractivity contribution in [3.63, 3.8) is 0 Å². The minimum atomic E-state index is -0.692. The molecule has 0 saturated carbocycles. The maximum Gasteiger partial charge on any atom is 0.407 e. The van der Waals surface area contributed by atoms with Gasteiger partial charge in [-0.1, -0.05) is 52.0 Å². The van der Waals surface area contributed by atoms with E-state index in [4.69, 9.17) is 19.4 Å². The number of likely N-dealkylation sites (tertiary alicyclic amines) is 2. The van der Waals surface area contributed by atoms with Crippen molar-refractivity contribution in [2.75, 3.05) is 38.8 Å². The first-order chi connectivity index (χ1) is 28.0. The number of fused-ring (bicyclic) bond motifs is 1. The topological polar surface area (TPSA) is 178 Å². The molecular formula is C43H55N9O6. The Morgan fingerprint density at radius 3 is 1.78 bits per heavy atom. The predicted octanol–water partition coefficient (Wildman–Crippen LogP) is 6.64. The normalized spacial score (nSPS) is 18.9. The zero-order valence-electron chi connectivity index (χ0n) is 34.2. The van der Waals surface area contributed by atoms with Gasteiger partial charge in [-0.25, -0.2) is 19.6 Å². The predicted molar refractivity (Wildman–Crippen MR) is 219 cm³/mol. The first-order valence-corrected chi connectivity index (χ1v) is 20.4. The third kappa shape index (κ3) is 8.12. The Morgan fingerprint density at radius 1 is 0.707 bits per heavy atom. The van der Waals surface area contributed by atoms with Crippen LogP contribution in [0.3, 0.4) is 0 Å². The Bertz CT molecular complexity index is 2110. The first kappa shape index (κ1) is 40.3. The van der Waals surface area contributed by atoms with Gasteiger partial charge in [-0.2, -0.15) is 0 Å². The first-order valence-electron chi connectivity index (χ1n) is 20.4. The number of aromatic nitrogens is 4. The number of nitrogens with one attached hydrogen (secondary N) is 4. The molecule has 2 fully saturated rings. The van der Waals surface area contributed by atoms with Crippen LogP contribution in [0.5, 0.6) is 0 Å². The fourth-order valence-corrected chi connectivity index (χ4v) is 8.65. The van der Waals surface area contributed by atoms with Crippen molar-refractivity contribution in [1.29, 1.82) is 0 Å². The molecule has 4 aromatic rings. The van der Waals surface area contributed by atoms with E-state index < -0.39 is 24.3 Å². The lowest BCUT2D eigenvalue weighted by atomic mass is 9.94. The molecule has 58 heavy (non-hydrogen) atoms. The molecular weight excluding hydrogens is 739 g/mol. The van der Waals surface area contributed by atoms with E-state index in [9.17, 15) is 19.2 Å². The number of benzene rings is 2. The highest BCUT2D eigenvalue weighted by Crippen LogP contribution is 2.40. The highest BCUT2D eigenvalue weighted by Gasteiger charge is 2.39. The fraction of sp³-hybridized carbons (Fsp3) is 0.488. The smallest absolute Gasteiger partial charge is 0.407 e. The van der Waals surface area contributed by atoms with Crippen LogP contribution in [0.4, 0.5) is 21.0 Å². The van der Waals surface area contributed by atoms with Crippen molar-refractivity contribution in [3.05, 3.63) is 72.1 Å². The van der Waals surface area contributed by atoms with E-state index in [1.54, 1.807) is 0 Å². The zero-order chi connectivity index (χ0) is 41.1.